The van der Waals surface area contributed by atoms with E-state index >= 15 is 0 Å². The first-order valence-corrected chi connectivity index (χ1v) is 9.80. The summed E-state index contributed by atoms with van der Waals surface area (Å²) >= 11 is 0. The van der Waals surface area contributed by atoms with Crippen LogP contribution in [0.2, 0.25) is 0 Å². The molecule has 30 heavy (non-hydrogen) atoms. The predicted octanol–water partition coefficient (Wildman–Crippen LogP) is 2.97. The number of aromatic nitrogens is 1. The number of nitrogens with zero attached hydrogens (tertiary/aromatic N) is 4. The Kier molecular flexibility index (Phi) is 6.83. The van der Waals surface area contributed by atoms with E-state index in [4.69, 9.17) is 0 Å². The molecule has 0 radical (unpaired) electrons. The molecule has 0 atom stereocenters. The van der Waals surface area contributed by atoms with Gasteiger partial charge in [-0.05, 0) is 25.1 Å². The Morgan fingerprint density at radius 3 is 2.47 bits per heavy atom. The molecule has 1 fully saturated rings. The minimum absolute atomic E-state index is 0.0122. The minimum Gasteiger partial charge on any atom is -0.331 e. The van der Waals surface area contributed by atoms with E-state index < -0.39 is 11.8 Å². The summed E-state index contributed by atoms with van der Waals surface area (Å²) in [5.74, 6) is -0.457. The first-order chi connectivity index (χ1) is 14.3. The van der Waals surface area contributed by atoms with Crippen LogP contribution in [-0.4, -0.2) is 72.0 Å². The molecule has 1 saturated heterocycles. The molecular weight excluding hydrogens is 387 g/mol. The van der Waals surface area contributed by atoms with Gasteiger partial charge in [-0.1, -0.05) is 12.1 Å². The number of halogens is 1. The molecule has 4 amide bonds. The van der Waals surface area contributed by atoms with Gasteiger partial charge in [0.15, 0.2) is 5.82 Å². The molecule has 0 saturated carbocycles. The monoisotopic (exact) mass is 414 g/mol. The lowest BCUT2D eigenvalue weighted by molar-refractivity contribution is 0.119. The molecule has 2 N–H and O–H groups in total. The fraction of sp³-hybridized carbons (Fsp3) is 0.381. The average molecular weight is 414 g/mol. The van der Waals surface area contributed by atoms with Crippen molar-refractivity contribution in [1.29, 1.82) is 0 Å². The fourth-order valence-corrected chi connectivity index (χ4v) is 3.25. The van der Waals surface area contributed by atoms with Crippen LogP contribution in [0.5, 0.6) is 0 Å². The molecule has 1 aromatic carbocycles. The van der Waals surface area contributed by atoms with Crippen molar-refractivity contribution in [3.8, 4) is 0 Å². The second-order valence-electron chi connectivity index (χ2n) is 7.49. The Hall–Kier alpha value is -3.20. The van der Waals surface area contributed by atoms with Crippen LogP contribution in [0.4, 0.5) is 25.4 Å². The van der Waals surface area contributed by atoms with E-state index in [-0.39, 0.29) is 11.7 Å². The number of hydrogen-bond donors (Lipinski definition) is 2. The van der Waals surface area contributed by atoms with E-state index in [2.05, 4.69) is 20.5 Å². The number of hydrogen-bond acceptors (Lipinski definition) is 4. The van der Waals surface area contributed by atoms with Crippen LogP contribution in [0, 0.1) is 12.7 Å². The predicted molar refractivity (Wildman–Crippen MR) is 114 cm³/mol. The van der Waals surface area contributed by atoms with Crippen LogP contribution in [0.25, 0.3) is 0 Å². The van der Waals surface area contributed by atoms with Gasteiger partial charge < -0.3 is 20.4 Å². The third kappa shape index (κ3) is 5.44. The number of rotatable bonds is 4. The van der Waals surface area contributed by atoms with E-state index in [1.54, 1.807) is 54.4 Å². The smallest absolute Gasteiger partial charge is 0.323 e. The summed E-state index contributed by atoms with van der Waals surface area (Å²) in [6.45, 7) is 4.79. The number of amides is 4. The summed E-state index contributed by atoms with van der Waals surface area (Å²) < 4.78 is 14.9. The second-order valence-corrected chi connectivity index (χ2v) is 7.49. The van der Waals surface area contributed by atoms with Crippen molar-refractivity contribution in [2.45, 2.75) is 13.5 Å². The van der Waals surface area contributed by atoms with Crippen molar-refractivity contribution >= 4 is 23.4 Å². The lowest BCUT2D eigenvalue weighted by Gasteiger charge is -2.36. The van der Waals surface area contributed by atoms with Gasteiger partial charge >= 0.3 is 12.1 Å². The molecule has 0 unspecified atom stereocenters. The molecule has 8 nitrogen and oxygen atoms in total. The fourth-order valence-electron chi connectivity index (χ4n) is 3.25. The summed E-state index contributed by atoms with van der Waals surface area (Å²) in [4.78, 5) is 33.8. The first-order valence-electron chi connectivity index (χ1n) is 9.80. The van der Waals surface area contributed by atoms with Gasteiger partial charge in [0.2, 0.25) is 0 Å². The summed E-state index contributed by atoms with van der Waals surface area (Å²) in [7, 11) is 3.46. The molecule has 0 bridgehead atoms. The van der Waals surface area contributed by atoms with Crippen LogP contribution in [0.15, 0.2) is 36.5 Å². The second kappa shape index (κ2) is 9.53. The third-order valence-electron chi connectivity index (χ3n) is 4.92. The molecule has 9 heteroatoms. The Labute approximate surface area is 175 Å². The summed E-state index contributed by atoms with van der Waals surface area (Å²) in [6.07, 6.45) is 1.54. The number of piperazine rings is 1. The number of anilines is 2. The highest BCUT2D eigenvalue weighted by Gasteiger charge is 2.23. The topological polar surface area (TPSA) is 80.8 Å². The van der Waals surface area contributed by atoms with Crippen molar-refractivity contribution in [2.75, 3.05) is 50.9 Å². The lowest BCUT2D eigenvalue weighted by atomic mass is 10.1. The van der Waals surface area contributed by atoms with Crippen LogP contribution >= 0.6 is 0 Å². The maximum Gasteiger partial charge on any atom is 0.323 e. The van der Waals surface area contributed by atoms with Crippen LogP contribution in [0.3, 0.4) is 0 Å². The highest BCUT2D eigenvalue weighted by atomic mass is 19.1. The zero-order valence-corrected chi connectivity index (χ0v) is 17.5. The van der Waals surface area contributed by atoms with Crippen LogP contribution < -0.4 is 10.6 Å². The Balaban J connectivity index is 1.58. The molecule has 3 rings (SSSR count). The molecule has 2 heterocycles. The number of pyridine rings is 1. The Bertz CT molecular complexity index is 895. The number of benzene rings is 1. The quantitative estimate of drug-likeness (QED) is 0.806. The van der Waals surface area contributed by atoms with Crippen molar-refractivity contribution < 1.29 is 14.0 Å². The third-order valence-corrected chi connectivity index (χ3v) is 4.92. The number of urea groups is 2. The van der Waals surface area contributed by atoms with Crippen LogP contribution in [0.1, 0.15) is 11.3 Å². The standard InChI is InChI=1S/C21H27FN6O2/c1-15-7-8-17(13-23-15)24-20(29)25-18-6-4-5-16(19(18)22)14-27-9-11-28(12-10-27)21(30)26(2)3/h4-8,13H,9-12,14H2,1-3H3,(H2,24,25,29). The normalized spacial score (nSPS) is 14.3. The van der Waals surface area contributed by atoms with Gasteiger partial charge in [-0.3, -0.25) is 9.88 Å². The Morgan fingerprint density at radius 1 is 1.10 bits per heavy atom. The average Bonchev–Trinajstić information content (AvgIpc) is 2.72. The molecule has 0 spiro atoms. The van der Waals surface area contributed by atoms with Gasteiger partial charge in [0, 0.05) is 58.1 Å². The van der Waals surface area contributed by atoms with Gasteiger partial charge in [-0.15, -0.1) is 0 Å². The van der Waals surface area contributed by atoms with E-state index in [9.17, 15) is 14.0 Å². The van der Waals surface area contributed by atoms with Gasteiger partial charge in [0.05, 0.1) is 17.6 Å². The number of aryl methyl sites for hydroxylation is 1. The summed E-state index contributed by atoms with van der Waals surface area (Å²) in [6, 6.07) is 7.92. The van der Waals surface area contributed by atoms with Crippen molar-refractivity contribution in [3.05, 3.63) is 53.6 Å². The zero-order chi connectivity index (χ0) is 21.7. The maximum atomic E-state index is 14.9. The van der Waals surface area contributed by atoms with Gasteiger partial charge in [0.1, 0.15) is 0 Å². The Morgan fingerprint density at radius 2 is 1.83 bits per heavy atom. The molecule has 1 aliphatic rings. The molecule has 2 aromatic rings. The maximum absolute atomic E-state index is 14.9. The van der Waals surface area contributed by atoms with Gasteiger partial charge in [-0.2, -0.15) is 0 Å². The summed E-state index contributed by atoms with van der Waals surface area (Å²) in [5.41, 5.74) is 1.98. The molecular formula is C21H27FN6O2. The van der Waals surface area contributed by atoms with E-state index in [0.29, 0.717) is 44.0 Å². The minimum atomic E-state index is -0.535. The number of nitrogens with one attached hydrogen (secondary N) is 2. The molecule has 160 valence electrons. The first kappa shape index (κ1) is 21.5. The largest absolute Gasteiger partial charge is 0.331 e. The highest BCUT2D eigenvalue weighted by Crippen LogP contribution is 2.21. The number of carbonyl (C=O) groups excluding carboxylic acids is 2. The van der Waals surface area contributed by atoms with Crippen LogP contribution in [-0.2, 0) is 6.54 Å². The van der Waals surface area contributed by atoms with Crippen molar-refractivity contribution in [3.63, 3.8) is 0 Å². The van der Waals surface area contributed by atoms with Gasteiger partial charge in [-0.25, -0.2) is 14.0 Å². The lowest BCUT2D eigenvalue weighted by Crippen LogP contribution is -2.51. The molecule has 1 aromatic heterocycles. The van der Waals surface area contributed by atoms with E-state index in [1.807, 2.05) is 6.92 Å². The highest BCUT2D eigenvalue weighted by molar-refractivity contribution is 5.99. The number of carbonyl (C=O) groups is 2. The van der Waals surface area contributed by atoms with E-state index in [0.717, 1.165) is 5.69 Å². The van der Waals surface area contributed by atoms with Crippen molar-refractivity contribution in [1.82, 2.24) is 19.7 Å². The van der Waals surface area contributed by atoms with Crippen molar-refractivity contribution in [2.24, 2.45) is 0 Å². The SMILES string of the molecule is Cc1ccc(NC(=O)Nc2cccc(CN3CCN(C(=O)N(C)C)CC3)c2F)cn1. The van der Waals surface area contributed by atoms with Gasteiger partial charge in [0.25, 0.3) is 0 Å². The van der Waals surface area contributed by atoms with E-state index in [1.165, 1.54) is 6.07 Å². The molecule has 1 aliphatic heterocycles. The molecule has 0 aliphatic carbocycles. The summed E-state index contributed by atoms with van der Waals surface area (Å²) in [5, 5.41) is 5.19. The zero-order valence-electron chi connectivity index (χ0n) is 17.5.